The predicted octanol–water partition coefficient (Wildman–Crippen LogP) is 2.17. The quantitative estimate of drug-likeness (QED) is 0.666. The first-order valence-electron chi connectivity index (χ1n) is 10.4. The van der Waals surface area contributed by atoms with Gasteiger partial charge < -0.3 is 33.5 Å². The molecule has 0 aromatic heterocycles. The summed E-state index contributed by atoms with van der Waals surface area (Å²) in [7, 11) is 1.64. The van der Waals surface area contributed by atoms with E-state index in [2.05, 4.69) is 0 Å². The first-order valence-corrected chi connectivity index (χ1v) is 10.4. The van der Waals surface area contributed by atoms with Gasteiger partial charge in [0, 0.05) is 26.9 Å². The predicted molar refractivity (Wildman–Crippen MR) is 106 cm³/mol. The maximum Gasteiger partial charge on any atom is 0.303 e. The molecule has 0 aliphatic carbocycles. The summed E-state index contributed by atoms with van der Waals surface area (Å²) in [5.74, 6) is -0.429. The van der Waals surface area contributed by atoms with E-state index in [0.29, 0.717) is 13.0 Å². The number of esters is 1. The van der Waals surface area contributed by atoms with Gasteiger partial charge in [0.05, 0.1) is 24.9 Å². The molecule has 8 atom stereocenters. The van der Waals surface area contributed by atoms with Gasteiger partial charge in [-0.2, -0.15) is 0 Å². The highest BCUT2D eigenvalue weighted by Crippen LogP contribution is 2.31. The number of rotatable bonds is 7. The molecular formula is C22H32O8. The number of hydrogen-bond acceptors (Lipinski definition) is 8. The van der Waals surface area contributed by atoms with Crippen LogP contribution in [0.4, 0.5) is 0 Å². The molecule has 0 amide bonds. The number of methoxy groups -OCH3 is 1. The molecule has 8 nitrogen and oxygen atoms in total. The van der Waals surface area contributed by atoms with Gasteiger partial charge in [0.15, 0.2) is 18.7 Å². The third-order valence-electron chi connectivity index (χ3n) is 5.46. The van der Waals surface area contributed by atoms with Crippen molar-refractivity contribution in [3.8, 4) is 0 Å². The van der Waals surface area contributed by atoms with Crippen LogP contribution in [0, 0.1) is 0 Å². The summed E-state index contributed by atoms with van der Waals surface area (Å²) in [5, 5.41) is 10.00. The first-order chi connectivity index (χ1) is 14.4. The second-order valence-corrected chi connectivity index (χ2v) is 7.82. The molecule has 2 aliphatic rings. The van der Waals surface area contributed by atoms with Crippen LogP contribution in [0.2, 0.25) is 0 Å². The van der Waals surface area contributed by atoms with Crippen molar-refractivity contribution in [1.29, 1.82) is 0 Å². The van der Waals surface area contributed by atoms with Gasteiger partial charge in [-0.3, -0.25) is 4.79 Å². The third kappa shape index (κ3) is 6.00. The lowest BCUT2D eigenvalue weighted by atomic mass is 10.00. The highest BCUT2D eigenvalue weighted by molar-refractivity contribution is 5.66. The summed E-state index contributed by atoms with van der Waals surface area (Å²) >= 11 is 0. The molecule has 0 saturated carbocycles. The van der Waals surface area contributed by atoms with Gasteiger partial charge in [0.25, 0.3) is 0 Å². The Morgan fingerprint density at radius 2 is 1.77 bits per heavy atom. The molecule has 1 aromatic rings. The van der Waals surface area contributed by atoms with E-state index in [1.807, 2.05) is 37.3 Å². The number of carbonyl (C=O) groups excluding carboxylic acids is 1. The highest BCUT2D eigenvalue weighted by Gasteiger charge is 2.44. The molecule has 2 heterocycles. The average Bonchev–Trinajstić information content (AvgIpc) is 2.69. The number of benzene rings is 1. The van der Waals surface area contributed by atoms with Gasteiger partial charge in [-0.25, -0.2) is 0 Å². The summed E-state index contributed by atoms with van der Waals surface area (Å²) in [6, 6.07) is 9.92. The van der Waals surface area contributed by atoms with E-state index >= 15 is 0 Å². The molecule has 30 heavy (non-hydrogen) atoms. The number of aliphatic hydroxyl groups excluding tert-OH is 1. The molecule has 8 heteroatoms. The van der Waals surface area contributed by atoms with Crippen LogP contribution in [0.25, 0.3) is 0 Å². The fourth-order valence-corrected chi connectivity index (χ4v) is 4.08. The monoisotopic (exact) mass is 424 g/mol. The Morgan fingerprint density at radius 1 is 1.07 bits per heavy atom. The van der Waals surface area contributed by atoms with Gasteiger partial charge in [0.1, 0.15) is 12.2 Å². The van der Waals surface area contributed by atoms with Crippen LogP contribution in [0.3, 0.4) is 0 Å². The van der Waals surface area contributed by atoms with E-state index in [1.54, 1.807) is 14.0 Å². The zero-order valence-electron chi connectivity index (χ0n) is 17.9. The van der Waals surface area contributed by atoms with Gasteiger partial charge in [-0.15, -0.1) is 0 Å². The summed E-state index contributed by atoms with van der Waals surface area (Å²) in [5.41, 5.74) is 1.07. The van der Waals surface area contributed by atoms with Gasteiger partial charge in [0.2, 0.25) is 0 Å². The molecule has 168 valence electrons. The van der Waals surface area contributed by atoms with E-state index in [1.165, 1.54) is 6.92 Å². The van der Waals surface area contributed by atoms with Crippen LogP contribution in [0.15, 0.2) is 30.3 Å². The highest BCUT2D eigenvalue weighted by atomic mass is 16.7. The van der Waals surface area contributed by atoms with Gasteiger partial charge in [-0.1, -0.05) is 30.3 Å². The lowest BCUT2D eigenvalue weighted by Gasteiger charge is -2.43. The summed E-state index contributed by atoms with van der Waals surface area (Å²) in [6.07, 6.45) is -3.38. The van der Waals surface area contributed by atoms with Gasteiger partial charge in [-0.05, 0) is 19.4 Å². The zero-order chi connectivity index (χ0) is 21.7. The molecule has 2 saturated heterocycles. The van der Waals surface area contributed by atoms with Crippen LogP contribution >= 0.6 is 0 Å². The molecule has 2 fully saturated rings. The van der Waals surface area contributed by atoms with E-state index in [0.717, 1.165) is 5.56 Å². The van der Waals surface area contributed by atoms with Crippen LogP contribution in [-0.2, 0) is 39.8 Å². The largest absolute Gasteiger partial charge is 0.457 e. The summed E-state index contributed by atoms with van der Waals surface area (Å²) in [4.78, 5) is 11.5. The average molecular weight is 424 g/mol. The Balaban J connectivity index is 1.66. The molecule has 1 N–H and O–H groups in total. The minimum absolute atomic E-state index is 0.180. The number of carbonyl (C=O) groups is 1. The second-order valence-electron chi connectivity index (χ2n) is 7.82. The first kappa shape index (κ1) is 23.1. The second kappa shape index (κ2) is 10.7. The molecule has 3 rings (SSSR count). The Hall–Kier alpha value is -1.55. The SMILES string of the molecule is CO[C@H]1[C@@H](C)O[C@H](O[C@@H]2C[C@@H](O)O[C@H](C)[C@@H]2OC(C)=O)C[C@H]1OCc1ccccc1. The van der Waals surface area contributed by atoms with Crippen LogP contribution in [0.1, 0.15) is 39.2 Å². The normalized spacial score (nSPS) is 37.0. The summed E-state index contributed by atoms with van der Waals surface area (Å²) in [6.45, 7) is 5.44. The van der Waals surface area contributed by atoms with Crippen molar-refractivity contribution in [2.45, 2.75) is 89.4 Å². The summed E-state index contributed by atoms with van der Waals surface area (Å²) < 4.78 is 34.7. The van der Waals surface area contributed by atoms with Crippen molar-refractivity contribution >= 4 is 5.97 Å². The maximum absolute atomic E-state index is 11.5. The van der Waals surface area contributed by atoms with E-state index in [9.17, 15) is 9.90 Å². The number of ether oxygens (including phenoxy) is 6. The van der Waals surface area contributed by atoms with E-state index in [-0.39, 0.29) is 24.7 Å². The fourth-order valence-electron chi connectivity index (χ4n) is 4.08. The van der Waals surface area contributed by atoms with Crippen molar-refractivity contribution < 1.29 is 38.3 Å². The molecular weight excluding hydrogens is 392 g/mol. The van der Waals surface area contributed by atoms with Crippen LogP contribution < -0.4 is 0 Å². The minimum atomic E-state index is -0.991. The topological polar surface area (TPSA) is 92.7 Å². The lowest BCUT2D eigenvalue weighted by Crippen LogP contribution is -2.54. The Morgan fingerprint density at radius 3 is 2.43 bits per heavy atom. The molecule has 1 aromatic carbocycles. The Labute approximate surface area is 177 Å². The number of hydrogen-bond donors (Lipinski definition) is 1. The molecule has 0 radical (unpaired) electrons. The van der Waals surface area contributed by atoms with Crippen molar-refractivity contribution in [2.75, 3.05) is 7.11 Å². The maximum atomic E-state index is 11.5. The molecule has 0 spiro atoms. The van der Waals surface area contributed by atoms with Crippen molar-refractivity contribution in [1.82, 2.24) is 0 Å². The van der Waals surface area contributed by atoms with Crippen LogP contribution in [-0.4, -0.2) is 67.4 Å². The lowest BCUT2D eigenvalue weighted by molar-refractivity contribution is -0.307. The fraction of sp³-hybridized carbons (Fsp3) is 0.682. The van der Waals surface area contributed by atoms with E-state index < -0.39 is 36.9 Å². The zero-order valence-corrected chi connectivity index (χ0v) is 17.9. The van der Waals surface area contributed by atoms with E-state index in [4.69, 9.17) is 28.4 Å². The molecule has 0 bridgehead atoms. The van der Waals surface area contributed by atoms with Crippen molar-refractivity contribution in [2.24, 2.45) is 0 Å². The van der Waals surface area contributed by atoms with Gasteiger partial charge >= 0.3 is 5.97 Å². The van der Waals surface area contributed by atoms with Crippen molar-refractivity contribution in [3.63, 3.8) is 0 Å². The smallest absolute Gasteiger partial charge is 0.303 e. The Kier molecular flexibility index (Phi) is 8.21. The minimum Gasteiger partial charge on any atom is -0.457 e. The molecule has 0 unspecified atom stereocenters. The molecule has 2 aliphatic heterocycles. The van der Waals surface area contributed by atoms with Crippen LogP contribution in [0.5, 0.6) is 0 Å². The third-order valence-corrected chi connectivity index (χ3v) is 5.46. The van der Waals surface area contributed by atoms with Crippen molar-refractivity contribution in [3.05, 3.63) is 35.9 Å². The Bertz CT molecular complexity index is 668. The number of aliphatic hydroxyl groups is 1. The standard InChI is InChI=1S/C22H32O8/c1-13-21(25-4)17(26-12-16-8-6-5-7-9-16)11-20(28-13)30-18-10-19(24)27-14(2)22(18)29-15(3)23/h5-9,13-14,17-22,24H,10-12H2,1-4H3/t13-,14-,17-,18-,19+,20-,21+,22+/m1/s1.